The van der Waals surface area contributed by atoms with Crippen molar-refractivity contribution in [3.05, 3.63) is 23.3 Å². The molecule has 1 fully saturated rings. The molecule has 2 unspecified atom stereocenters. The molecule has 2 heterocycles. The van der Waals surface area contributed by atoms with Crippen molar-refractivity contribution in [2.45, 2.75) is 45.8 Å². The third-order valence-corrected chi connectivity index (χ3v) is 5.51. The van der Waals surface area contributed by atoms with E-state index in [0.29, 0.717) is 13.2 Å². The number of nitrogens with zero attached hydrogens (tertiary/aromatic N) is 1. The van der Waals surface area contributed by atoms with Gasteiger partial charge in [0.15, 0.2) is 5.96 Å². The maximum atomic E-state index is 9.41. The number of rotatable bonds is 8. The van der Waals surface area contributed by atoms with Gasteiger partial charge in [-0.2, -0.15) is 0 Å². The van der Waals surface area contributed by atoms with E-state index < -0.39 is 0 Å². The van der Waals surface area contributed by atoms with E-state index in [4.69, 9.17) is 19.2 Å². The highest BCUT2D eigenvalue weighted by molar-refractivity contribution is 14.0. The fourth-order valence-electron chi connectivity index (χ4n) is 3.88. The molecule has 0 spiro atoms. The van der Waals surface area contributed by atoms with Crippen LogP contribution in [-0.2, 0) is 17.7 Å². The molecule has 0 amide bonds. The molecule has 0 saturated carbocycles. The quantitative estimate of drug-likeness (QED) is 0.278. The van der Waals surface area contributed by atoms with Crippen molar-refractivity contribution in [3.8, 4) is 11.5 Å². The predicted molar refractivity (Wildman–Crippen MR) is 125 cm³/mol. The van der Waals surface area contributed by atoms with Crippen LogP contribution < -0.4 is 20.1 Å². The van der Waals surface area contributed by atoms with Gasteiger partial charge in [0, 0.05) is 49.3 Å². The van der Waals surface area contributed by atoms with Gasteiger partial charge in [-0.1, -0.05) is 0 Å². The molecular formula is C21H34IN3O4. The summed E-state index contributed by atoms with van der Waals surface area (Å²) in [6.45, 7) is 7.71. The molecule has 7 nitrogen and oxygen atoms in total. The Kier molecular flexibility index (Phi) is 9.29. The number of aliphatic hydroxyl groups is 1. The van der Waals surface area contributed by atoms with Crippen LogP contribution in [0.25, 0.3) is 0 Å². The van der Waals surface area contributed by atoms with Gasteiger partial charge in [0.05, 0.1) is 20.3 Å². The molecule has 29 heavy (non-hydrogen) atoms. The molecule has 0 bridgehead atoms. The maximum absolute atomic E-state index is 9.41. The topological polar surface area (TPSA) is 84.3 Å². The monoisotopic (exact) mass is 519 g/mol. The number of fused-ring (bicyclic) bond motifs is 1. The highest BCUT2D eigenvalue weighted by Gasteiger charge is 2.34. The second-order valence-corrected chi connectivity index (χ2v) is 7.73. The van der Waals surface area contributed by atoms with Gasteiger partial charge in [0.1, 0.15) is 17.6 Å². The van der Waals surface area contributed by atoms with Crippen molar-refractivity contribution in [2.24, 2.45) is 10.4 Å². The van der Waals surface area contributed by atoms with Gasteiger partial charge in [-0.15, -0.1) is 24.0 Å². The third kappa shape index (κ3) is 6.11. The zero-order valence-electron chi connectivity index (χ0n) is 17.6. The van der Waals surface area contributed by atoms with Crippen molar-refractivity contribution >= 4 is 29.9 Å². The summed E-state index contributed by atoms with van der Waals surface area (Å²) >= 11 is 0. The molecule has 1 aromatic carbocycles. The number of methoxy groups -OCH3 is 1. The predicted octanol–water partition coefficient (Wildman–Crippen LogP) is 2.48. The fourth-order valence-corrected chi connectivity index (χ4v) is 3.88. The van der Waals surface area contributed by atoms with Gasteiger partial charge < -0.3 is 30.0 Å². The Hall–Kier alpha value is -1.26. The van der Waals surface area contributed by atoms with E-state index in [2.05, 4.69) is 23.6 Å². The summed E-state index contributed by atoms with van der Waals surface area (Å²) in [6.07, 6.45) is 2.80. The van der Waals surface area contributed by atoms with Gasteiger partial charge in [0.25, 0.3) is 0 Å². The minimum Gasteiger partial charge on any atom is -0.496 e. The summed E-state index contributed by atoms with van der Waals surface area (Å²) in [7, 11) is 1.69. The molecule has 3 rings (SSSR count). The van der Waals surface area contributed by atoms with E-state index in [-0.39, 0.29) is 42.1 Å². The zero-order chi connectivity index (χ0) is 20.0. The molecule has 8 heteroatoms. The second-order valence-electron chi connectivity index (χ2n) is 7.73. The van der Waals surface area contributed by atoms with Crippen LogP contribution in [0, 0.1) is 5.41 Å². The minimum atomic E-state index is -0.0276. The van der Waals surface area contributed by atoms with E-state index in [1.807, 2.05) is 13.0 Å². The van der Waals surface area contributed by atoms with Gasteiger partial charge in [-0.05, 0) is 38.8 Å². The summed E-state index contributed by atoms with van der Waals surface area (Å²) in [5.41, 5.74) is 2.16. The summed E-state index contributed by atoms with van der Waals surface area (Å²) in [6, 6.07) is 4.11. The van der Waals surface area contributed by atoms with E-state index in [9.17, 15) is 5.11 Å². The lowest BCUT2D eigenvalue weighted by atomic mass is 9.84. The summed E-state index contributed by atoms with van der Waals surface area (Å²) in [4.78, 5) is 4.74. The molecule has 164 valence electrons. The summed E-state index contributed by atoms with van der Waals surface area (Å²) in [5, 5.41) is 16.1. The standard InChI is InChI=1S/C21H33N3O4.HI/c1-4-22-20(24-13-21(5-7-25)6-8-27-14-21)23-12-17-11-19-16(9-15(2)28-19)10-18(17)26-3;/h10-11,15,25H,4-9,12-14H2,1-3H3,(H2,22,23,24);1H. The number of aliphatic imine (C=N–C) groups is 1. The van der Waals surface area contributed by atoms with Crippen molar-refractivity contribution in [3.63, 3.8) is 0 Å². The van der Waals surface area contributed by atoms with Gasteiger partial charge in [-0.25, -0.2) is 4.99 Å². The summed E-state index contributed by atoms with van der Waals surface area (Å²) < 4.78 is 17.0. The third-order valence-electron chi connectivity index (χ3n) is 5.51. The highest BCUT2D eigenvalue weighted by Crippen LogP contribution is 2.35. The number of benzene rings is 1. The van der Waals surface area contributed by atoms with Crippen LogP contribution in [0.5, 0.6) is 11.5 Å². The minimum absolute atomic E-state index is 0. The largest absolute Gasteiger partial charge is 0.496 e. The van der Waals surface area contributed by atoms with E-state index in [0.717, 1.165) is 62.0 Å². The van der Waals surface area contributed by atoms with Gasteiger partial charge >= 0.3 is 0 Å². The molecule has 2 atom stereocenters. The van der Waals surface area contributed by atoms with Crippen LogP contribution in [0.2, 0.25) is 0 Å². The van der Waals surface area contributed by atoms with Crippen LogP contribution in [0.4, 0.5) is 0 Å². The first-order valence-electron chi connectivity index (χ1n) is 10.2. The molecule has 1 saturated heterocycles. The number of nitrogens with one attached hydrogen (secondary N) is 2. The van der Waals surface area contributed by atoms with Crippen LogP contribution in [-0.4, -0.2) is 57.2 Å². The molecule has 1 aromatic rings. The second kappa shape index (κ2) is 11.2. The Labute approximate surface area is 190 Å². The average Bonchev–Trinajstić information content (AvgIpc) is 3.29. The van der Waals surface area contributed by atoms with Gasteiger partial charge in [-0.3, -0.25) is 0 Å². The lowest BCUT2D eigenvalue weighted by Gasteiger charge is -2.27. The fraction of sp³-hybridized carbons (Fsp3) is 0.667. The van der Waals surface area contributed by atoms with Crippen molar-refractivity contribution in [1.82, 2.24) is 10.6 Å². The Morgan fingerprint density at radius 3 is 2.86 bits per heavy atom. The van der Waals surface area contributed by atoms with Crippen molar-refractivity contribution in [1.29, 1.82) is 0 Å². The van der Waals surface area contributed by atoms with Crippen LogP contribution in [0.1, 0.15) is 37.8 Å². The van der Waals surface area contributed by atoms with Crippen LogP contribution >= 0.6 is 24.0 Å². The molecule has 0 aromatic heterocycles. The number of hydrogen-bond donors (Lipinski definition) is 3. The number of hydrogen-bond acceptors (Lipinski definition) is 5. The Morgan fingerprint density at radius 1 is 1.38 bits per heavy atom. The SMILES string of the molecule is CCNC(=NCc1cc2c(cc1OC)CC(C)O2)NCC1(CCO)CCOC1.I. The van der Waals surface area contributed by atoms with E-state index in [1.165, 1.54) is 5.56 Å². The lowest BCUT2D eigenvalue weighted by molar-refractivity contribution is 0.127. The van der Waals surface area contributed by atoms with Crippen molar-refractivity contribution in [2.75, 3.05) is 40.0 Å². The molecular weight excluding hydrogens is 485 g/mol. The van der Waals surface area contributed by atoms with E-state index in [1.54, 1.807) is 7.11 Å². The maximum Gasteiger partial charge on any atom is 0.191 e. The van der Waals surface area contributed by atoms with Gasteiger partial charge in [0.2, 0.25) is 0 Å². The highest BCUT2D eigenvalue weighted by atomic mass is 127. The molecule has 0 aliphatic carbocycles. The first kappa shape index (κ1) is 24.0. The number of halogens is 1. The number of ether oxygens (including phenoxy) is 3. The Bertz CT molecular complexity index is 693. The first-order chi connectivity index (χ1) is 13.6. The van der Waals surface area contributed by atoms with Crippen LogP contribution in [0.3, 0.4) is 0 Å². The smallest absolute Gasteiger partial charge is 0.191 e. The number of aliphatic hydroxyl groups excluding tert-OH is 1. The molecule has 2 aliphatic heterocycles. The Morgan fingerprint density at radius 2 is 2.21 bits per heavy atom. The normalized spacial score (nSPS) is 23.2. The summed E-state index contributed by atoms with van der Waals surface area (Å²) in [5.74, 6) is 2.53. The average molecular weight is 519 g/mol. The van der Waals surface area contributed by atoms with E-state index >= 15 is 0 Å². The lowest BCUT2D eigenvalue weighted by Crippen LogP contribution is -2.44. The molecule has 3 N–H and O–H groups in total. The van der Waals surface area contributed by atoms with Crippen LogP contribution in [0.15, 0.2) is 17.1 Å². The molecule has 0 radical (unpaired) electrons. The molecule has 2 aliphatic rings. The Balaban J connectivity index is 0.00000300. The number of guanidine groups is 1. The van der Waals surface area contributed by atoms with Crippen molar-refractivity contribution < 1.29 is 19.3 Å². The first-order valence-corrected chi connectivity index (χ1v) is 10.2. The zero-order valence-corrected chi connectivity index (χ0v) is 20.0.